The molecule has 1 aromatic carbocycles. The third-order valence-electron chi connectivity index (χ3n) is 1.82. The SMILES string of the molecule is CSc1cccc(S(=O)(=O)N(C)C)c1. The number of benzene rings is 1. The van der Waals surface area contributed by atoms with Crippen LogP contribution in [0.25, 0.3) is 0 Å². The topological polar surface area (TPSA) is 37.4 Å². The summed E-state index contributed by atoms with van der Waals surface area (Å²) >= 11 is 1.53. The van der Waals surface area contributed by atoms with Crippen LogP contribution in [0.2, 0.25) is 0 Å². The molecule has 0 N–H and O–H groups in total. The van der Waals surface area contributed by atoms with Crippen molar-refractivity contribution in [3.63, 3.8) is 0 Å². The molecule has 14 heavy (non-hydrogen) atoms. The minimum absolute atomic E-state index is 0.342. The van der Waals surface area contributed by atoms with E-state index in [0.29, 0.717) is 4.90 Å². The first-order valence-electron chi connectivity index (χ1n) is 4.05. The summed E-state index contributed by atoms with van der Waals surface area (Å²) in [7, 11) is -0.232. The molecule has 0 amide bonds. The van der Waals surface area contributed by atoms with Gasteiger partial charge >= 0.3 is 0 Å². The molecule has 0 atom stereocenters. The summed E-state index contributed by atoms with van der Waals surface area (Å²) in [6.45, 7) is 0. The van der Waals surface area contributed by atoms with Crippen LogP contribution in [-0.4, -0.2) is 33.1 Å². The maximum atomic E-state index is 11.7. The number of rotatable bonds is 3. The number of hydrogen-bond donors (Lipinski definition) is 0. The summed E-state index contributed by atoms with van der Waals surface area (Å²) in [5.41, 5.74) is 0. The van der Waals surface area contributed by atoms with Crippen LogP contribution in [0.3, 0.4) is 0 Å². The second-order valence-corrected chi connectivity index (χ2v) is 6.00. The van der Waals surface area contributed by atoms with Gasteiger partial charge in [-0.1, -0.05) is 6.07 Å². The molecule has 0 aliphatic rings. The monoisotopic (exact) mass is 231 g/mol. The lowest BCUT2D eigenvalue weighted by molar-refractivity contribution is 0.520. The summed E-state index contributed by atoms with van der Waals surface area (Å²) in [4.78, 5) is 1.29. The molecule has 3 nitrogen and oxygen atoms in total. The Morgan fingerprint density at radius 2 is 1.93 bits per heavy atom. The Morgan fingerprint density at radius 1 is 1.29 bits per heavy atom. The molecule has 0 unspecified atom stereocenters. The fraction of sp³-hybridized carbons (Fsp3) is 0.333. The van der Waals surface area contributed by atoms with E-state index in [2.05, 4.69) is 0 Å². The van der Waals surface area contributed by atoms with Crippen molar-refractivity contribution in [2.24, 2.45) is 0 Å². The Morgan fingerprint density at radius 3 is 2.43 bits per heavy atom. The molecule has 0 aliphatic heterocycles. The van der Waals surface area contributed by atoms with E-state index in [1.165, 1.54) is 30.2 Å². The Balaban J connectivity index is 3.20. The van der Waals surface area contributed by atoms with Crippen LogP contribution in [0, 0.1) is 0 Å². The van der Waals surface area contributed by atoms with Crippen LogP contribution < -0.4 is 0 Å². The molecule has 0 aromatic heterocycles. The fourth-order valence-electron chi connectivity index (χ4n) is 0.972. The van der Waals surface area contributed by atoms with Gasteiger partial charge in [0.15, 0.2) is 0 Å². The van der Waals surface area contributed by atoms with Gasteiger partial charge in [-0.3, -0.25) is 0 Å². The first-order valence-corrected chi connectivity index (χ1v) is 6.71. The zero-order valence-corrected chi connectivity index (χ0v) is 10.0. The third kappa shape index (κ3) is 2.29. The first kappa shape index (κ1) is 11.6. The smallest absolute Gasteiger partial charge is 0.207 e. The molecule has 0 saturated carbocycles. The van der Waals surface area contributed by atoms with E-state index in [0.717, 1.165) is 4.90 Å². The van der Waals surface area contributed by atoms with Gasteiger partial charge in [-0.05, 0) is 24.5 Å². The average molecular weight is 231 g/mol. The number of nitrogens with zero attached hydrogens (tertiary/aromatic N) is 1. The van der Waals surface area contributed by atoms with Crippen LogP contribution >= 0.6 is 11.8 Å². The van der Waals surface area contributed by atoms with E-state index in [4.69, 9.17) is 0 Å². The van der Waals surface area contributed by atoms with Crippen molar-refractivity contribution < 1.29 is 8.42 Å². The van der Waals surface area contributed by atoms with Crippen molar-refractivity contribution in [2.45, 2.75) is 9.79 Å². The molecule has 0 spiro atoms. The molecule has 0 fully saturated rings. The zero-order chi connectivity index (χ0) is 10.8. The van der Waals surface area contributed by atoms with Gasteiger partial charge in [0.2, 0.25) is 10.0 Å². The average Bonchev–Trinajstić information content (AvgIpc) is 2.17. The van der Waals surface area contributed by atoms with E-state index >= 15 is 0 Å². The highest BCUT2D eigenvalue weighted by atomic mass is 32.2. The molecule has 0 aliphatic carbocycles. The third-order valence-corrected chi connectivity index (χ3v) is 4.36. The van der Waals surface area contributed by atoms with Crippen LogP contribution in [0.5, 0.6) is 0 Å². The molecular weight excluding hydrogens is 218 g/mol. The van der Waals surface area contributed by atoms with Crippen molar-refractivity contribution in [3.8, 4) is 0 Å². The Bertz CT molecular complexity index is 413. The van der Waals surface area contributed by atoms with Crippen LogP contribution in [0.15, 0.2) is 34.1 Å². The summed E-state index contributed by atoms with van der Waals surface area (Å²) in [5.74, 6) is 0. The molecule has 78 valence electrons. The van der Waals surface area contributed by atoms with E-state index in [9.17, 15) is 8.42 Å². The number of sulfonamides is 1. The maximum absolute atomic E-state index is 11.7. The molecule has 0 heterocycles. The fourth-order valence-corrected chi connectivity index (χ4v) is 2.45. The number of hydrogen-bond acceptors (Lipinski definition) is 3. The van der Waals surface area contributed by atoms with Crippen LogP contribution in [0.4, 0.5) is 0 Å². The highest BCUT2D eigenvalue weighted by molar-refractivity contribution is 7.98. The summed E-state index contributed by atoms with van der Waals surface area (Å²) in [6, 6.07) is 6.93. The van der Waals surface area contributed by atoms with Crippen molar-refractivity contribution >= 4 is 21.8 Å². The van der Waals surface area contributed by atoms with E-state index < -0.39 is 10.0 Å². The Labute approximate surface area is 89.2 Å². The standard InChI is InChI=1S/C9H13NO2S2/c1-10(2)14(11,12)9-6-4-5-8(7-9)13-3/h4-7H,1-3H3. The second kappa shape index (κ2) is 4.33. The molecular formula is C9H13NO2S2. The lowest BCUT2D eigenvalue weighted by Crippen LogP contribution is -2.22. The predicted octanol–water partition coefficient (Wildman–Crippen LogP) is 1.66. The van der Waals surface area contributed by atoms with Crippen molar-refractivity contribution in [2.75, 3.05) is 20.4 Å². The first-order chi connectivity index (χ1) is 6.48. The van der Waals surface area contributed by atoms with Crippen molar-refractivity contribution in [1.82, 2.24) is 4.31 Å². The van der Waals surface area contributed by atoms with Crippen LogP contribution in [-0.2, 0) is 10.0 Å². The lowest BCUT2D eigenvalue weighted by Gasteiger charge is -2.11. The van der Waals surface area contributed by atoms with Gasteiger partial charge < -0.3 is 0 Å². The maximum Gasteiger partial charge on any atom is 0.242 e. The molecule has 0 bridgehead atoms. The van der Waals surface area contributed by atoms with Gasteiger partial charge in [-0.15, -0.1) is 11.8 Å². The zero-order valence-electron chi connectivity index (χ0n) is 8.39. The van der Waals surface area contributed by atoms with Crippen molar-refractivity contribution in [1.29, 1.82) is 0 Å². The van der Waals surface area contributed by atoms with Crippen molar-refractivity contribution in [3.05, 3.63) is 24.3 Å². The number of thioether (sulfide) groups is 1. The van der Waals surface area contributed by atoms with Gasteiger partial charge in [0.1, 0.15) is 0 Å². The molecule has 1 rings (SSSR count). The van der Waals surface area contributed by atoms with Gasteiger partial charge in [-0.25, -0.2) is 12.7 Å². The minimum atomic E-state index is -3.29. The van der Waals surface area contributed by atoms with E-state index in [1.54, 1.807) is 18.2 Å². The minimum Gasteiger partial charge on any atom is -0.207 e. The van der Waals surface area contributed by atoms with Gasteiger partial charge in [0.25, 0.3) is 0 Å². The Kier molecular flexibility index (Phi) is 3.58. The van der Waals surface area contributed by atoms with E-state index in [1.807, 2.05) is 12.3 Å². The predicted molar refractivity (Wildman–Crippen MR) is 59.1 cm³/mol. The van der Waals surface area contributed by atoms with E-state index in [-0.39, 0.29) is 0 Å². The molecule has 0 saturated heterocycles. The molecule has 1 aromatic rings. The van der Waals surface area contributed by atoms with Gasteiger partial charge in [-0.2, -0.15) is 0 Å². The van der Waals surface area contributed by atoms with Crippen LogP contribution in [0.1, 0.15) is 0 Å². The second-order valence-electron chi connectivity index (χ2n) is 2.97. The molecule has 0 radical (unpaired) electrons. The normalized spacial score (nSPS) is 12.0. The largest absolute Gasteiger partial charge is 0.242 e. The lowest BCUT2D eigenvalue weighted by atomic mass is 10.4. The van der Waals surface area contributed by atoms with Gasteiger partial charge in [0, 0.05) is 19.0 Å². The quantitative estimate of drug-likeness (QED) is 0.742. The molecule has 5 heteroatoms. The Hall–Kier alpha value is -0.520. The van der Waals surface area contributed by atoms with Gasteiger partial charge in [0.05, 0.1) is 4.90 Å². The summed E-state index contributed by atoms with van der Waals surface area (Å²) < 4.78 is 24.6. The summed E-state index contributed by atoms with van der Waals surface area (Å²) in [5, 5.41) is 0. The highest BCUT2D eigenvalue weighted by Gasteiger charge is 2.16. The highest BCUT2D eigenvalue weighted by Crippen LogP contribution is 2.20. The summed E-state index contributed by atoms with van der Waals surface area (Å²) in [6.07, 6.45) is 1.92.